The van der Waals surface area contributed by atoms with E-state index in [9.17, 15) is 14.4 Å². The number of ether oxygens (including phenoxy) is 4. The van der Waals surface area contributed by atoms with Crippen molar-refractivity contribution < 1.29 is 45.2 Å². The predicted molar refractivity (Wildman–Crippen MR) is 117 cm³/mol. The zero-order valence-corrected chi connectivity index (χ0v) is 17.0. The Balaban J connectivity index is -0.000000481. The first kappa shape index (κ1) is 30.2. The van der Waals surface area contributed by atoms with Gasteiger partial charge < -0.3 is 29.4 Å². The molecule has 0 radical (unpaired) electrons. The summed E-state index contributed by atoms with van der Waals surface area (Å²) >= 11 is 0. The molecule has 0 fully saturated rings. The maximum atomic E-state index is 10.8. The molecule has 0 unspecified atom stereocenters. The molecule has 4 N–H and O–H groups in total. The molecule has 2 rings (SSSR count). The minimum Gasteiger partial charge on any atom is -0.482 e. The number of oxime groups is 1. The summed E-state index contributed by atoms with van der Waals surface area (Å²) in [6.07, 6.45) is 1.98. The highest BCUT2D eigenvalue weighted by Gasteiger charge is 2.02. The minimum absolute atomic E-state index is 0. The molecule has 32 heavy (non-hydrogen) atoms. The van der Waals surface area contributed by atoms with Crippen LogP contribution in [0.15, 0.2) is 53.7 Å². The molecule has 0 bridgehead atoms. The number of rotatable bonds is 8. The second-order valence-corrected chi connectivity index (χ2v) is 5.24. The number of aldehydes is 1. The molecule has 0 saturated heterocycles. The average molecular weight is 455 g/mol. The Bertz CT molecular complexity index is 848. The summed E-state index contributed by atoms with van der Waals surface area (Å²) in [6.45, 7) is -0.297. The van der Waals surface area contributed by atoms with Gasteiger partial charge >= 0.3 is 11.9 Å². The fourth-order valence-electron chi connectivity index (χ4n) is 1.83. The van der Waals surface area contributed by atoms with Gasteiger partial charge in [-0.25, -0.2) is 15.5 Å². The van der Waals surface area contributed by atoms with Crippen molar-refractivity contribution in [3.8, 4) is 11.5 Å². The number of carbonyl (C=O) groups excluding carboxylic acids is 3. The van der Waals surface area contributed by atoms with Crippen LogP contribution in [0.1, 0.15) is 24.8 Å². The van der Waals surface area contributed by atoms with E-state index in [1.54, 1.807) is 48.5 Å². The van der Waals surface area contributed by atoms with Gasteiger partial charge in [-0.1, -0.05) is 36.8 Å². The van der Waals surface area contributed by atoms with Crippen LogP contribution in [-0.2, 0) is 19.1 Å². The fraction of sp³-hybridized carbons (Fsp3) is 0.238. The van der Waals surface area contributed by atoms with Crippen LogP contribution in [0, 0.1) is 0 Å². The van der Waals surface area contributed by atoms with Crippen molar-refractivity contribution in [1.29, 1.82) is 0 Å². The van der Waals surface area contributed by atoms with Gasteiger partial charge in [-0.2, -0.15) is 0 Å². The largest absolute Gasteiger partial charge is 0.482 e. The van der Waals surface area contributed by atoms with Crippen molar-refractivity contribution in [2.75, 3.05) is 27.4 Å². The summed E-state index contributed by atoms with van der Waals surface area (Å²) in [7, 11) is 2.58. The fourth-order valence-corrected chi connectivity index (χ4v) is 1.83. The molecule has 178 valence electrons. The van der Waals surface area contributed by atoms with Crippen LogP contribution in [0.3, 0.4) is 0 Å². The molecule has 2 aromatic rings. The van der Waals surface area contributed by atoms with E-state index in [1.807, 2.05) is 0 Å². The molecule has 0 aliphatic rings. The van der Waals surface area contributed by atoms with Crippen LogP contribution in [0.25, 0.3) is 0 Å². The summed E-state index contributed by atoms with van der Waals surface area (Å²) < 4.78 is 19.0. The Hall–Kier alpha value is -3.96. The average Bonchev–Trinajstić information content (AvgIpc) is 2.83. The molecule has 0 aliphatic carbocycles. The quantitative estimate of drug-likeness (QED) is 0.177. The molecule has 11 nitrogen and oxygen atoms in total. The number of nitrogens with two attached hydrogens (primary N) is 1. The second-order valence-electron chi connectivity index (χ2n) is 5.24. The lowest BCUT2D eigenvalue weighted by molar-refractivity contribution is -0.143. The second kappa shape index (κ2) is 19.0. The lowest BCUT2D eigenvalue weighted by atomic mass is 10.2. The summed E-state index contributed by atoms with van der Waals surface area (Å²) in [4.78, 5) is 31.9. The van der Waals surface area contributed by atoms with Gasteiger partial charge in [0.25, 0.3) is 0 Å². The van der Waals surface area contributed by atoms with Crippen LogP contribution in [0.5, 0.6) is 11.5 Å². The van der Waals surface area contributed by atoms with Gasteiger partial charge in [0, 0.05) is 6.99 Å². The number of methoxy groups -OCH3 is 2. The van der Waals surface area contributed by atoms with Gasteiger partial charge in [0.1, 0.15) is 17.8 Å². The van der Waals surface area contributed by atoms with E-state index in [0.717, 1.165) is 0 Å². The Morgan fingerprint density at radius 2 is 1.38 bits per heavy atom. The van der Waals surface area contributed by atoms with Crippen LogP contribution < -0.4 is 15.4 Å². The molecule has 0 spiro atoms. The van der Waals surface area contributed by atoms with Crippen molar-refractivity contribution in [2.24, 2.45) is 11.1 Å². The van der Waals surface area contributed by atoms with E-state index >= 15 is 0 Å². The lowest BCUT2D eigenvalue weighted by Crippen LogP contribution is -2.12. The third-order valence-electron chi connectivity index (χ3n) is 3.23. The molecule has 11 heteroatoms. The molecule has 0 aliphatic heterocycles. The third-order valence-corrected chi connectivity index (χ3v) is 3.23. The Morgan fingerprint density at radius 1 is 0.938 bits per heavy atom. The van der Waals surface area contributed by atoms with Gasteiger partial charge in [-0.15, -0.1) is 0 Å². The molecule has 0 saturated carbocycles. The smallest absolute Gasteiger partial charge is 0.343 e. The highest BCUT2D eigenvalue weighted by molar-refractivity contribution is 5.79. The van der Waals surface area contributed by atoms with Crippen molar-refractivity contribution in [3.63, 3.8) is 0 Å². The molecule has 2 aromatic carbocycles. The van der Waals surface area contributed by atoms with Crippen molar-refractivity contribution in [3.05, 3.63) is 59.7 Å². The van der Waals surface area contributed by atoms with E-state index in [0.29, 0.717) is 28.9 Å². The summed E-state index contributed by atoms with van der Waals surface area (Å²) in [6, 6.07) is 13.3. The zero-order valence-electron chi connectivity index (χ0n) is 17.0. The predicted octanol–water partition coefficient (Wildman–Crippen LogP) is 2.31. The van der Waals surface area contributed by atoms with Crippen LogP contribution in [0.2, 0.25) is 0 Å². The van der Waals surface area contributed by atoms with Gasteiger partial charge in [0.05, 0.1) is 20.4 Å². The van der Waals surface area contributed by atoms with E-state index in [4.69, 9.17) is 19.9 Å². The number of benzene rings is 2. The summed E-state index contributed by atoms with van der Waals surface area (Å²) in [5, 5.41) is 17.7. The van der Waals surface area contributed by atoms with Gasteiger partial charge in [0.2, 0.25) is 0 Å². The number of esters is 2. The third kappa shape index (κ3) is 13.3. The standard InChI is InChI=1S/C10H11NO4.C10H10O4.CH4.H3NO.H2/c1-14-10(12)7-15-9-4-2-3-8(5-9)6-11-13;1-13-10(12)7-14-9-4-2-3-8(5-9)6-11;;1-2;/h2-6,13H,7H2,1H3;2-6H,7H2,1H3;1H4;2H,1H2;1H/b11-6-;;;;/i;;;;1+1. The Kier molecular flexibility index (Phi) is 18.0. The first-order valence-corrected chi connectivity index (χ1v) is 8.50. The lowest BCUT2D eigenvalue weighted by Gasteiger charge is -2.04. The maximum absolute atomic E-state index is 10.8. The normalized spacial score (nSPS) is 9.00. The molecule has 0 heterocycles. The number of carbonyl (C=O) groups is 3. The van der Waals surface area contributed by atoms with Gasteiger partial charge in [0.15, 0.2) is 13.2 Å². The van der Waals surface area contributed by atoms with E-state index in [2.05, 4.69) is 20.5 Å². The van der Waals surface area contributed by atoms with Crippen molar-refractivity contribution in [2.45, 2.75) is 7.43 Å². The maximum Gasteiger partial charge on any atom is 0.343 e. The van der Waals surface area contributed by atoms with Crippen molar-refractivity contribution >= 4 is 24.4 Å². The summed E-state index contributed by atoms with van der Waals surface area (Å²) in [5.41, 5.74) is 1.19. The number of nitrogens with zero attached hydrogens (tertiary/aromatic N) is 1. The highest BCUT2D eigenvalue weighted by Crippen LogP contribution is 2.12. The van der Waals surface area contributed by atoms with E-state index in [-0.39, 0.29) is 22.1 Å². The highest BCUT2D eigenvalue weighted by atomic mass is 16.6. The zero-order chi connectivity index (χ0) is 23.5. The van der Waals surface area contributed by atoms with Crippen molar-refractivity contribution in [1.82, 2.24) is 0 Å². The van der Waals surface area contributed by atoms with Gasteiger partial charge in [-0.05, 0) is 29.8 Å². The van der Waals surface area contributed by atoms with Crippen LogP contribution in [-0.4, -0.2) is 62.3 Å². The number of hydrogen-bond acceptors (Lipinski definition) is 11. The molecular weight excluding hydrogens is 424 g/mol. The van der Waals surface area contributed by atoms with E-state index < -0.39 is 11.9 Å². The Labute approximate surface area is 187 Å². The molecule has 0 amide bonds. The SMILES string of the molecule is C.COC(=O)COc1cccc(/C=N\O)c1.COC(=O)COc1cccc(C=O)c1.NO.[2HH]. The molecule has 0 atom stereocenters. The van der Waals surface area contributed by atoms with Gasteiger partial charge in [-0.3, -0.25) is 4.79 Å². The number of hydrogen-bond donors (Lipinski definition) is 3. The van der Waals surface area contributed by atoms with E-state index in [1.165, 1.54) is 20.4 Å². The first-order valence-electron chi connectivity index (χ1n) is 8.50. The van der Waals surface area contributed by atoms with Crippen LogP contribution in [0.4, 0.5) is 0 Å². The Morgan fingerprint density at radius 3 is 1.78 bits per heavy atom. The molecule has 0 aromatic heterocycles. The summed E-state index contributed by atoms with van der Waals surface area (Å²) in [5.74, 6) is 3.58. The topological polar surface area (TPSA) is 167 Å². The van der Waals surface area contributed by atoms with Crippen LogP contribution >= 0.6 is 0 Å². The minimum atomic E-state index is -0.457. The monoisotopic (exact) mass is 455 g/mol. The first-order chi connectivity index (χ1) is 15.0. The molecular formula is C21H30N2O9.